The number of nitrogens with zero attached hydrogens (tertiary/aromatic N) is 2. The van der Waals surface area contributed by atoms with Crippen LogP contribution in [0.4, 0.5) is 0 Å². The van der Waals surface area contributed by atoms with Crippen molar-refractivity contribution in [3.63, 3.8) is 0 Å². The molecule has 1 amide bonds. The highest BCUT2D eigenvalue weighted by molar-refractivity contribution is 5.95. The highest BCUT2D eigenvalue weighted by Gasteiger charge is 2.24. The number of hydrogen-bond donors (Lipinski definition) is 0. The van der Waals surface area contributed by atoms with Crippen LogP contribution in [0, 0.1) is 11.3 Å². The van der Waals surface area contributed by atoms with Crippen molar-refractivity contribution in [1.82, 2.24) is 4.90 Å². The van der Waals surface area contributed by atoms with Crippen LogP contribution in [0.2, 0.25) is 0 Å². The fourth-order valence-corrected chi connectivity index (χ4v) is 2.61. The third-order valence-corrected chi connectivity index (χ3v) is 3.78. The molecule has 3 rings (SSSR count). The Kier molecular flexibility index (Phi) is 5.09. The summed E-state index contributed by atoms with van der Waals surface area (Å²) in [4.78, 5) is 14.5. The SMILES string of the molecule is COc1cc(C(=O)N(CCC#N)Cc2ccco2)cc2c1OCCO2. The van der Waals surface area contributed by atoms with Crippen molar-refractivity contribution < 1.29 is 23.4 Å². The van der Waals surface area contributed by atoms with E-state index in [0.717, 1.165) is 0 Å². The molecule has 0 atom stereocenters. The topological polar surface area (TPSA) is 84.9 Å². The maximum absolute atomic E-state index is 13.0. The molecule has 1 aromatic carbocycles. The van der Waals surface area contributed by atoms with Crippen molar-refractivity contribution in [3.8, 4) is 23.3 Å². The Bertz CT molecular complexity index is 762. The van der Waals surface area contributed by atoms with E-state index in [-0.39, 0.29) is 18.9 Å². The highest BCUT2D eigenvalue weighted by atomic mass is 16.6. The Morgan fingerprint density at radius 2 is 2.20 bits per heavy atom. The molecule has 0 saturated carbocycles. The summed E-state index contributed by atoms with van der Waals surface area (Å²) in [6.07, 6.45) is 1.78. The molecule has 0 unspecified atom stereocenters. The third kappa shape index (κ3) is 3.69. The van der Waals surface area contributed by atoms with Crippen LogP contribution in [0.5, 0.6) is 17.2 Å². The van der Waals surface area contributed by atoms with Crippen LogP contribution < -0.4 is 14.2 Å². The summed E-state index contributed by atoms with van der Waals surface area (Å²) < 4.78 is 21.8. The van der Waals surface area contributed by atoms with E-state index < -0.39 is 0 Å². The second kappa shape index (κ2) is 7.62. The van der Waals surface area contributed by atoms with Gasteiger partial charge < -0.3 is 23.5 Å². The zero-order chi connectivity index (χ0) is 17.6. The number of hydrogen-bond acceptors (Lipinski definition) is 6. The lowest BCUT2D eigenvalue weighted by molar-refractivity contribution is 0.0733. The van der Waals surface area contributed by atoms with Crippen molar-refractivity contribution in [2.24, 2.45) is 0 Å². The molecule has 0 spiro atoms. The number of methoxy groups -OCH3 is 1. The van der Waals surface area contributed by atoms with E-state index in [1.165, 1.54) is 7.11 Å². The average Bonchev–Trinajstić information content (AvgIpc) is 3.16. The van der Waals surface area contributed by atoms with E-state index in [9.17, 15) is 4.79 Å². The zero-order valence-electron chi connectivity index (χ0n) is 13.9. The van der Waals surface area contributed by atoms with Gasteiger partial charge in [0.1, 0.15) is 19.0 Å². The van der Waals surface area contributed by atoms with Crippen molar-refractivity contribution in [3.05, 3.63) is 41.9 Å². The Morgan fingerprint density at radius 3 is 2.92 bits per heavy atom. The summed E-state index contributed by atoms with van der Waals surface area (Å²) in [7, 11) is 1.51. The molecule has 130 valence electrons. The van der Waals surface area contributed by atoms with Crippen LogP contribution in [-0.4, -0.2) is 37.7 Å². The van der Waals surface area contributed by atoms with Crippen molar-refractivity contribution in [2.45, 2.75) is 13.0 Å². The average molecular weight is 342 g/mol. The van der Waals surface area contributed by atoms with Gasteiger partial charge in [-0.15, -0.1) is 0 Å². The van der Waals surface area contributed by atoms with Gasteiger partial charge in [-0.3, -0.25) is 4.79 Å². The third-order valence-electron chi connectivity index (χ3n) is 3.78. The van der Waals surface area contributed by atoms with Gasteiger partial charge in [-0.1, -0.05) is 0 Å². The fourth-order valence-electron chi connectivity index (χ4n) is 2.61. The lowest BCUT2D eigenvalue weighted by atomic mass is 10.1. The van der Waals surface area contributed by atoms with Crippen molar-refractivity contribution in [2.75, 3.05) is 26.9 Å². The molecule has 7 nitrogen and oxygen atoms in total. The molecule has 0 radical (unpaired) electrons. The molecule has 0 saturated heterocycles. The standard InChI is InChI=1S/C18H18N2O5/c1-22-15-10-13(11-16-17(15)25-9-8-24-16)18(21)20(6-3-5-19)12-14-4-2-7-23-14/h2,4,7,10-11H,3,6,8-9,12H2,1H3. The molecule has 2 aromatic rings. The predicted molar refractivity (Wildman–Crippen MR) is 87.7 cm³/mol. The van der Waals surface area contributed by atoms with Crippen LogP contribution in [0.25, 0.3) is 0 Å². The zero-order valence-corrected chi connectivity index (χ0v) is 13.9. The molecule has 0 N–H and O–H groups in total. The van der Waals surface area contributed by atoms with Crippen LogP contribution in [0.3, 0.4) is 0 Å². The lowest BCUT2D eigenvalue weighted by Crippen LogP contribution is -2.31. The van der Waals surface area contributed by atoms with Crippen molar-refractivity contribution >= 4 is 5.91 Å². The monoisotopic (exact) mass is 342 g/mol. The lowest BCUT2D eigenvalue weighted by Gasteiger charge is -2.24. The number of ether oxygens (including phenoxy) is 3. The molecular weight excluding hydrogens is 324 g/mol. The minimum atomic E-state index is -0.234. The minimum Gasteiger partial charge on any atom is -0.493 e. The van der Waals surface area contributed by atoms with Gasteiger partial charge in [-0.25, -0.2) is 0 Å². The van der Waals surface area contributed by atoms with Gasteiger partial charge in [0.25, 0.3) is 5.91 Å². The number of carbonyl (C=O) groups is 1. The van der Waals surface area contributed by atoms with Gasteiger partial charge >= 0.3 is 0 Å². The van der Waals surface area contributed by atoms with Crippen molar-refractivity contribution in [1.29, 1.82) is 5.26 Å². The number of benzene rings is 1. The van der Waals surface area contributed by atoms with Gasteiger partial charge in [-0.2, -0.15) is 5.26 Å². The van der Waals surface area contributed by atoms with E-state index in [1.807, 2.05) is 0 Å². The van der Waals surface area contributed by atoms with Crippen LogP contribution in [-0.2, 0) is 6.54 Å². The summed E-state index contributed by atoms with van der Waals surface area (Å²) in [6.45, 7) is 1.43. The summed E-state index contributed by atoms with van der Waals surface area (Å²) in [5.74, 6) is 1.84. The van der Waals surface area contributed by atoms with E-state index in [1.54, 1.807) is 35.4 Å². The van der Waals surface area contributed by atoms with Crippen LogP contribution in [0.1, 0.15) is 22.5 Å². The molecule has 0 bridgehead atoms. The smallest absolute Gasteiger partial charge is 0.254 e. The van der Waals surface area contributed by atoms with Gasteiger partial charge in [-0.05, 0) is 24.3 Å². The first-order valence-corrected chi connectivity index (χ1v) is 7.89. The second-order valence-corrected chi connectivity index (χ2v) is 5.42. The largest absolute Gasteiger partial charge is 0.493 e. The first-order valence-electron chi connectivity index (χ1n) is 7.89. The van der Waals surface area contributed by atoms with Crippen LogP contribution >= 0.6 is 0 Å². The normalized spacial score (nSPS) is 12.3. The maximum Gasteiger partial charge on any atom is 0.254 e. The fraction of sp³-hybridized carbons (Fsp3) is 0.333. The van der Waals surface area contributed by atoms with E-state index >= 15 is 0 Å². The summed E-state index contributed by atoms with van der Waals surface area (Å²) in [5, 5.41) is 8.87. The Labute approximate surface area is 145 Å². The first-order chi connectivity index (χ1) is 12.2. The molecule has 7 heteroatoms. The summed E-state index contributed by atoms with van der Waals surface area (Å²) in [6, 6.07) is 8.87. The van der Waals surface area contributed by atoms with Gasteiger partial charge in [0.05, 0.1) is 32.4 Å². The molecule has 1 aliphatic rings. The molecule has 2 heterocycles. The molecule has 1 aliphatic heterocycles. The molecule has 25 heavy (non-hydrogen) atoms. The van der Waals surface area contributed by atoms with Gasteiger partial charge in [0.2, 0.25) is 5.75 Å². The van der Waals surface area contributed by atoms with E-state index in [0.29, 0.717) is 48.3 Å². The second-order valence-electron chi connectivity index (χ2n) is 5.42. The van der Waals surface area contributed by atoms with E-state index in [2.05, 4.69) is 6.07 Å². The number of rotatable bonds is 6. The number of fused-ring (bicyclic) bond motifs is 1. The van der Waals surface area contributed by atoms with Crippen LogP contribution in [0.15, 0.2) is 34.9 Å². The maximum atomic E-state index is 13.0. The number of nitriles is 1. The number of furan rings is 1. The predicted octanol–water partition coefficient (Wildman–Crippen LogP) is 2.62. The quantitative estimate of drug-likeness (QED) is 0.802. The molecule has 0 aliphatic carbocycles. The summed E-state index contributed by atoms with van der Waals surface area (Å²) >= 11 is 0. The molecular formula is C18H18N2O5. The van der Waals surface area contributed by atoms with E-state index in [4.69, 9.17) is 23.9 Å². The Morgan fingerprint density at radius 1 is 1.36 bits per heavy atom. The minimum absolute atomic E-state index is 0.230. The van der Waals surface area contributed by atoms with Gasteiger partial charge in [0, 0.05) is 12.1 Å². The highest BCUT2D eigenvalue weighted by Crippen LogP contribution is 2.40. The Hall–Kier alpha value is -3.14. The molecule has 1 aromatic heterocycles. The first kappa shape index (κ1) is 16.7. The number of amides is 1. The van der Waals surface area contributed by atoms with Gasteiger partial charge in [0.15, 0.2) is 11.5 Å². The molecule has 0 fully saturated rings. The number of carbonyl (C=O) groups excluding carboxylic acids is 1. The Balaban J connectivity index is 1.89. The summed E-state index contributed by atoms with van der Waals surface area (Å²) in [5.41, 5.74) is 0.408.